The van der Waals surface area contributed by atoms with Crippen LogP contribution in [0, 0.1) is 5.63 Å². The van der Waals surface area contributed by atoms with Crippen molar-refractivity contribution in [3.05, 3.63) is 42.1 Å². The molecule has 12 nitrogen and oxygen atoms in total. The van der Waals surface area contributed by atoms with Crippen LogP contribution in [0.1, 0.15) is 43.1 Å². The van der Waals surface area contributed by atoms with Gasteiger partial charge in [0.1, 0.15) is 0 Å². The van der Waals surface area contributed by atoms with Crippen molar-refractivity contribution in [2.24, 2.45) is 0 Å². The molecule has 2 fully saturated rings. The molecule has 13 heteroatoms. The Kier molecular flexibility index (Phi) is 11.5. The molecule has 1 aromatic heterocycles. The molecule has 2 atom stereocenters. The van der Waals surface area contributed by atoms with Crippen LogP contribution in [0.25, 0.3) is 11.4 Å². The summed E-state index contributed by atoms with van der Waals surface area (Å²) in [5.74, 6) is 0.0763. The monoisotopic (exact) mass is 596 g/mol. The third kappa shape index (κ3) is 8.18. The van der Waals surface area contributed by atoms with Gasteiger partial charge >= 0.3 is 226 Å². The number of methoxy groups -OCH3 is 1. The van der Waals surface area contributed by atoms with Gasteiger partial charge in [0, 0.05) is 7.11 Å². The van der Waals surface area contributed by atoms with Crippen LogP contribution >= 0.6 is 7.92 Å². The molecule has 0 saturated carbocycles. The number of ether oxygens (including phenoxy) is 2. The summed E-state index contributed by atoms with van der Waals surface area (Å²) in [6, 6.07) is 9.97. The van der Waals surface area contributed by atoms with Gasteiger partial charge in [-0.25, -0.2) is 0 Å². The fourth-order valence-corrected chi connectivity index (χ4v) is 5.10. The van der Waals surface area contributed by atoms with Crippen molar-refractivity contribution in [3.8, 4) is 17.0 Å². The van der Waals surface area contributed by atoms with Gasteiger partial charge in [0.2, 0.25) is 0 Å². The van der Waals surface area contributed by atoms with E-state index in [0.29, 0.717) is 37.9 Å². The van der Waals surface area contributed by atoms with Gasteiger partial charge in [0.05, 0.1) is 0 Å². The molecule has 0 aliphatic carbocycles. The first-order chi connectivity index (χ1) is 20.4. The van der Waals surface area contributed by atoms with Crippen LogP contribution in [-0.4, -0.2) is 103 Å². The molecule has 42 heavy (non-hydrogen) atoms. The van der Waals surface area contributed by atoms with Gasteiger partial charge in [0.25, 0.3) is 0 Å². The van der Waals surface area contributed by atoms with Crippen LogP contribution < -0.4 is 10.2 Å². The van der Waals surface area contributed by atoms with Gasteiger partial charge in [-0.15, -0.1) is 0 Å². The van der Waals surface area contributed by atoms with E-state index in [0.717, 1.165) is 31.4 Å². The molecule has 0 unspecified atom stereocenters. The number of carbonyl (C=O) groups excluding carboxylic acids is 3. The summed E-state index contributed by atoms with van der Waals surface area (Å²) < 4.78 is 22.0. The van der Waals surface area contributed by atoms with Crippen molar-refractivity contribution in [1.29, 1.82) is 0 Å². The molecule has 2 aromatic rings. The summed E-state index contributed by atoms with van der Waals surface area (Å²) in [7, 11) is 1.31. The number of hydrogen-bond acceptors (Lipinski definition) is 9. The average Bonchev–Trinajstić information content (AvgIpc) is 3.52. The quantitative estimate of drug-likeness (QED) is 0.324. The standard InChI is InChI=1S/C29H37N6O6P/c1-3-4-17-41-29(38)34-15-13-33(14-16-34)28(37)23(11-18-42-39)31-27(36)24-19-25(35-12-10-22(20-35)40-2)32-26(30-24)21-8-6-5-7-9-21/h5-9,19,22-23H,3-4,10-17,20H2,1-2H3,(H,31,36)/t22-,23+/m0/s1. The second-order valence-corrected chi connectivity index (χ2v) is 10.7. The molecular weight excluding hydrogens is 559 g/mol. The molecule has 2 aliphatic heterocycles. The molecule has 0 bridgehead atoms. The summed E-state index contributed by atoms with van der Waals surface area (Å²) in [6.45, 7) is 4.95. The topological polar surface area (TPSA) is 134 Å². The molecule has 1 aromatic carbocycles. The minimum absolute atomic E-state index is 0.0555. The second-order valence-electron chi connectivity index (χ2n) is 10.2. The molecule has 2 aliphatic rings. The number of unbranched alkanes of at least 4 members (excludes halogenated alkanes) is 1. The Balaban J connectivity index is 1.49. The fourth-order valence-electron chi connectivity index (χ4n) is 4.84. The Morgan fingerprint density at radius 3 is 2.50 bits per heavy atom. The normalized spacial score (nSPS) is 17.4. The summed E-state index contributed by atoms with van der Waals surface area (Å²) in [6.07, 6.45) is 2.18. The Morgan fingerprint density at radius 2 is 1.83 bits per heavy atom. The number of aromatic nitrogens is 2. The molecule has 3 amide bonds. The van der Waals surface area contributed by atoms with E-state index in [1.807, 2.05) is 42.2 Å². The van der Waals surface area contributed by atoms with E-state index in [1.54, 1.807) is 23.0 Å². The summed E-state index contributed by atoms with van der Waals surface area (Å²) in [5.41, 5.74) is 3.46. The Morgan fingerprint density at radius 1 is 1.10 bits per heavy atom. The predicted octanol–water partition coefficient (Wildman–Crippen LogP) is 3.19. The molecule has 224 valence electrons. The summed E-state index contributed by atoms with van der Waals surface area (Å²) >= 11 is 0. The number of piperazine rings is 1. The van der Waals surface area contributed by atoms with Crippen LogP contribution in [0.5, 0.6) is 0 Å². The average molecular weight is 597 g/mol. The maximum atomic E-state index is 13.6. The number of rotatable bonds is 10. The third-order valence-corrected chi connectivity index (χ3v) is 7.63. The van der Waals surface area contributed by atoms with E-state index < -0.39 is 18.0 Å². The zero-order valence-electron chi connectivity index (χ0n) is 24.0. The molecule has 2 saturated heterocycles. The Labute approximate surface area is 246 Å². The first-order valence-corrected chi connectivity index (χ1v) is 15.0. The van der Waals surface area contributed by atoms with Gasteiger partial charge < -0.3 is 0 Å². The number of carbonyl (C=O) groups is 3. The molecule has 0 radical (unpaired) electrons. The first-order valence-electron chi connectivity index (χ1n) is 14.2. The Bertz CT molecular complexity index is 1350. The van der Waals surface area contributed by atoms with E-state index in [9.17, 15) is 18.9 Å². The van der Waals surface area contributed by atoms with Crippen molar-refractivity contribution >= 4 is 31.6 Å². The third-order valence-electron chi connectivity index (χ3n) is 7.32. The first kappa shape index (κ1) is 31.2. The molecule has 1 N–H and O–H groups in total. The van der Waals surface area contributed by atoms with Crippen molar-refractivity contribution in [2.75, 3.05) is 57.9 Å². The van der Waals surface area contributed by atoms with Gasteiger partial charge in [-0.2, -0.15) is 0 Å². The zero-order valence-corrected chi connectivity index (χ0v) is 24.9. The number of hydrogen-bond donors (Lipinski definition) is 1. The van der Waals surface area contributed by atoms with Gasteiger partial charge in [-0.1, -0.05) is 13.3 Å². The second kappa shape index (κ2) is 15.5. The Hall–Kier alpha value is -3.72. The van der Waals surface area contributed by atoms with Crippen molar-refractivity contribution in [1.82, 2.24) is 25.1 Å². The van der Waals surface area contributed by atoms with Crippen LogP contribution in [0.4, 0.5) is 10.6 Å². The zero-order chi connectivity index (χ0) is 29.9. The molecule has 0 spiro atoms. The van der Waals surface area contributed by atoms with Crippen LogP contribution in [0.3, 0.4) is 0 Å². The van der Waals surface area contributed by atoms with Gasteiger partial charge in [0.15, 0.2) is 0 Å². The van der Waals surface area contributed by atoms with Gasteiger partial charge in [-0.3, -0.25) is 0 Å². The van der Waals surface area contributed by atoms with Crippen LogP contribution in [0.2, 0.25) is 0 Å². The van der Waals surface area contributed by atoms with E-state index in [1.165, 1.54) is 0 Å². The maximum absolute atomic E-state index is 13.6. The minimum atomic E-state index is -1.01. The van der Waals surface area contributed by atoms with Crippen LogP contribution in [-0.2, 0) is 18.8 Å². The van der Waals surface area contributed by atoms with E-state index in [4.69, 9.17) is 14.5 Å². The van der Waals surface area contributed by atoms with E-state index in [2.05, 4.69) is 15.9 Å². The fraction of sp³-hybridized carbons (Fsp3) is 0.517. The summed E-state index contributed by atoms with van der Waals surface area (Å²) in [5, 5.41) is 2.78. The van der Waals surface area contributed by atoms with E-state index >= 15 is 0 Å². The van der Waals surface area contributed by atoms with E-state index in [-0.39, 0.29) is 45.1 Å². The number of amides is 3. The molecule has 3 heterocycles. The number of nitrogens with zero attached hydrogens (tertiary/aromatic N) is 5. The number of anilines is 1. The van der Waals surface area contributed by atoms with Crippen molar-refractivity contribution in [3.63, 3.8) is 0 Å². The number of benzene rings is 1. The SMILES string of the molecule is CCCCOC(=O)N1CCN(C(=O)[C@@H](CC#P=O)NC(=O)c2cc(N3CC[C@H](OC)C3)nc(-c3ccccc3)n2)CC1. The van der Waals surface area contributed by atoms with Crippen molar-refractivity contribution < 1.29 is 28.4 Å². The number of nitrogens with one attached hydrogen (secondary N) is 1. The predicted molar refractivity (Wildman–Crippen MR) is 157 cm³/mol. The van der Waals surface area contributed by atoms with Gasteiger partial charge in [-0.05, 0) is 0 Å². The molecular formula is C29H37N6O6P. The van der Waals surface area contributed by atoms with Crippen molar-refractivity contribution in [2.45, 2.75) is 44.8 Å². The molecule has 4 rings (SSSR count). The summed E-state index contributed by atoms with van der Waals surface area (Å²) in [4.78, 5) is 53.8. The van der Waals surface area contributed by atoms with Crippen LogP contribution in [0.15, 0.2) is 36.4 Å².